The van der Waals surface area contributed by atoms with Crippen LogP contribution >= 0.6 is 11.8 Å². The summed E-state index contributed by atoms with van der Waals surface area (Å²) < 4.78 is 0. The quantitative estimate of drug-likeness (QED) is 0.789. The highest BCUT2D eigenvalue weighted by Gasteiger charge is 2.15. The molecule has 2 N–H and O–H groups in total. The van der Waals surface area contributed by atoms with Gasteiger partial charge in [-0.25, -0.2) is 0 Å². The standard InChI is InChI=1S/C17H30N2S/c1-6-15(18)11-14-8-9-17(13(3)10-14)19(4)16(7-2)12-20-5/h8-10,15-16H,6-7,11-12,18H2,1-5H3. The Balaban J connectivity index is 2.86. The monoisotopic (exact) mass is 294 g/mol. The maximum absolute atomic E-state index is 6.05. The molecule has 0 amide bonds. The Bertz CT molecular complexity index is 406. The topological polar surface area (TPSA) is 29.3 Å². The third-order valence-electron chi connectivity index (χ3n) is 4.04. The van der Waals surface area contributed by atoms with Gasteiger partial charge >= 0.3 is 0 Å². The van der Waals surface area contributed by atoms with Gasteiger partial charge in [0.1, 0.15) is 0 Å². The zero-order chi connectivity index (χ0) is 15.1. The van der Waals surface area contributed by atoms with Gasteiger partial charge in [-0.15, -0.1) is 0 Å². The fourth-order valence-corrected chi connectivity index (χ4v) is 3.42. The Morgan fingerprint density at radius 1 is 1.25 bits per heavy atom. The van der Waals surface area contributed by atoms with E-state index in [1.165, 1.54) is 29.0 Å². The van der Waals surface area contributed by atoms with Crippen molar-refractivity contribution in [3.63, 3.8) is 0 Å². The normalized spacial score (nSPS) is 14.1. The van der Waals surface area contributed by atoms with Crippen LogP contribution in [0.15, 0.2) is 18.2 Å². The number of hydrogen-bond donors (Lipinski definition) is 1. The van der Waals surface area contributed by atoms with Gasteiger partial charge in [-0.3, -0.25) is 0 Å². The maximum atomic E-state index is 6.05. The molecule has 1 aromatic carbocycles. The molecule has 1 aromatic rings. The first-order chi connectivity index (χ1) is 9.53. The lowest BCUT2D eigenvalue weighted by molar-refractivity contribution is 0.645. The first kappa shape index (κ1) is 17.4. The predicted molar refractivity (Wildman–Crippen MR) is 94.0 cm³/mol. The summed E-state index contributed by atoms with van der Waals surface area (Å²) in [5.41, 5.74) is 10.1. The highest BCUT2D eigenvalue weighted by Crippen LogP contribution is 2.24. The van der Waals surface area contributed by atoms with Crippen LogP contribution in [0.1, 0.15) is 37.8 Å². The Morgan fingerprint density at radius 3 is 2.45 bits per heavy atom. The van der Waals surface area contributed by atoms with Crippen LogP contribution in [-0.4, -0.2) is 31.1 Å². The first-order valence-corrected chi connectivity index (χ1v) is 8.99. The van der Waals surface area contributed by atoms with Gasteiger partial charge in [-0.05, 0) is 49.6 Å². The van der Waals surface area contributed by atoms with E-state index in [0.29, 0.717) is 6.04 Å². The van der Waals surface area contributed by atoms with Crippen molar-refractivity contribution in [2.45, 2.75) is 52.1 Å². The highest BCUT2D eigenvalue weighted by molar-refractivity contribution is 7.98. The summed E-state index contributed by atoms with van der Waals surface area (Å²) in [6.07, 6.45) is 5.37. The summed E-state index contributed by atoms with van der Waals surface area (Å²) in [5.74, 6) is 1.18. The van der Waals surface area contributed by atoms with Crippen LogP contribution in [0.2, 0.25) is 0 Å². The van der Waals surface area contributed by atoms with E-state index < -0.39 is 0 Å². The van der Waals surface area contributed by atoms with E-state index in [1.807, 2.05) is 11.8 Å². The number of aryl methyl sites for hydroxylation is 1. The second kappa shape index (κ2) is 8.58. The summed E-state index contributed by atoms with van der Waals surface area (Å²) in [6, 6.07) is 7.67. The van der Waals surface area contributed by atoms with Crippen molar-refractivity contribution in [2.75, 3.05) is 24.0 Å². The number of anilines is 1. The van der Waals surface area contributed by atoms with Crippen molar-refractivity contribution in [3.05, 3.63) is 29.3 Å². The first-order valence-electron chi connectivity index (χ1n) is 7.60. The Labute approximate surface area is 129 Å². The number of benzene rings is 1. The van der Waals surface area contributed by atoms with Crippen molar-refractivity contribution >= 4 is 17.4 Å². The number of rotatable bonds is 8. The lowest BCUT2D eigenvalue weighted by Gasteiger charge is -2.30. The molecule has 0 saturated heterocycles. The average molecular weight is 295 g/mol. The molecule has 0 aliphatic rings. The highest BCUT2D eigenvalue weighted by atomic mass is 32.2. The van der Waals surface area contributed by atoms with E-state index >= 15 is 0 Å². The van der Waals surface area contributed by atoms with Gasteiger partial charge in [0.15, 0.2) is 0 Å². The molecule has 2 unspecified atom stereocenters. The Morgan fingerprint density at radius 2 is 1.95 bits per heavy atom. The Kier molecular flexibility index (Phi) is 7.46. The molecule has 20 heavy (non-hydrogen) atoms. The van der Waals surface area contributed by atoms with E-state index in [2.05, 4.69) is 57.2 Å². The van der Waals surface area contributed by atoms with Gasteiger partial charge < -0.3 is 10.6 Å². The smallest absolute Gasteiger partial charge is 0.0396 e. The van der Waals surface area contributed by atoms with Gasteiger partial charge in [0.05, 0.1) is 0 Å². The largest absolute Gasteiger partial charge is 0.371 e. The third-order valence-corrected chi connectivity index (χ3v) is 4.76. The molecule has 0 aromatic heterocycles. The molecule has 0 spiro atoms. The molecular formula is C17H30N2S. The minimum absolute atomic E-state index is 0.276. The van der Waals surface area contributed by atoms with E-state index in [9.17, 15) is 0 Å². The van der Waals surface area contributed by atoms with Crippen molar-refractivity contribution in [1.82, 2.24) is 0 Å². The van der Waals surface area contributed by atoms with Crippen LogP contribution in [0.5, 0.6) is 0 Å². The SMILES string of the molecule is CCC(N)Cc1ccc(N(C)C(CC)CSC)c(C)c1. The summed E-state index contributed by atoms with van der Waals surface area (Å²) in [6.45, 7) is 6.62. The van der Waals surface area contributed by atoms with Crippen molar-refractivity contribution in [2.24, 2.45) is 5.73 Å². The van der Waals surface area contributed by atoms with Gasteiger partial charge in [0, 0.05) is 30.6 Å². The molecule has 0 aliphatic carbocycles. The van der Waals surface area contributed by atoms with E-state index in [4.69, 9.17) is 5.73 Å². The van der Waals surface area contributed by atoms with Crippen LogP contribution < -0.4 is 10.6 Å². The van der Waals surface area contributed by atoms with E-state index in [0.717, 1.165) is 12.8 Å². The number of nitrogens with two attached hydrogens (primary N) is 1. The maximum Gasteiger partial charge on any atom is 0.0396 e. The lowest BCUT2D eigenvalue weighted by Crippen LogP contribution is -2.33. The molecule has 0 aliphatic heterocycles. The van der Waals surface area contributed by atoms with Crippen molar-refractivity contribution in [1.29, 1.82) is 0 Å². The molecule has 0 fully saturated rings. The fourth-order valence-electron chi connectivity index (χ4n) is 2.58. The zero-order valence-electron chi connectivity index (χ0n) is 13.6. The second-order valence-electron chi connectivity index (χ2n) is 5.62. The number of thioether (sulfide) groups is 1. The average Bonchev–Trinajstić information content (AvgIpc) is 2.44. The molecule has 1 rings (SSSR count). The molecule has 0 bridgehead atoms. The second-order valence-corrected chi connectivity index (χ2v) is 6.53. The Hall–Kier alpha value is -0.670. The minimum atomic E-state index is 0.276. The van der Waals surface area contributed by atoms with Crippen LogP contribution in [0.25, 0.3) is 0 Å². The van der Waals surface area contributed by atoms with Crippen LogP contribution in [-0.2, 0) is 6.42 Å². The van der Waals surface area contributed by atoms with Gasteiger partial charge in [0.2, 0.25) is 0 Å². The van der Waals surface area contributed by atoms with Crippen molar-refractivity contribution in [3.8, 4) is 0 Å². The minimum Gasteiger partial charge on any atom is -0.371 e. The molecule has 0 saturated carbocycles. The van der Waals surface area contributed by atoms with Crippen LogP contribution in [0.3, 0.4) is 0 Å². The fraction of sp³-hybridized carbons (Fsp3) is 0.647. The molecular weight excluding hydrogens is 264 g/mol. The summed E-state index contributed by atoms with van der Waals surface area (Å²) >= 11 is 1.92. The van der Waals surface area contributed by atoms with Crippen molar-refractivity contribution < 1.29 is 0 Å². The van der Waals surface area contributed by atoms with Gasteiger partial charge in [-0.2, -0.15) is 11.8 Å². The third kappa shape index (κ3) is 4.71. The lowest BCUT2D eigenvalue weighted by atomic mass is 10.0. The van der Waals surface area contributed by atoms with Gasteiger partial charge in [-0.1, -0.05) is 26.0 Å². The molecule has 0 radical (unpaired) electrons. The molecule has 114 valence electrons. The molecule has 2 atom stereocenters. The van der Waals surface area contributed by atoms with E-state index in [-0.39, 0.29) is 6.04 Å². The van der Waals surface area contributed by atoms with E-state index in [1.54, 1.807) is 0 Å². The molecule has 2 nitrogen and oxygen atoms in total. The zero-order valence-corrected chi connectivity index (χ0v) is 14.5. The number of hydrogen-bond acceptors (Lipinski definition) is 3. The molecule has 3 heteroatoms. The predicted octanol–water partition coefficient (Wildman–Crippen LogP) is 3.85. The van der Waals surface area contributed by atoms with Gasteiger partial charge in [0.25, 0.3) is 0 Å². The summed E-state index contributed by atoms with van der Waals surface area (Å²) in [5, 5.41) is 0. The summed E-state index contributed by atoms with van der Waals surface area (Å²) in [4.78, 5) is 2.43. The number of nitrogens with zero attached hydrogens (tertiary/aromatic N) is 1. The molecule has 0 heterocycles. The summed E-state index contributed by atoms with van der Waals surface area (Å²) in [7, 11) is 2.21. The van der Waals surface area contributed by atoms with Crippen LogP contribution in [0.4, 0.5) is 5.69 Å². The van der Waals surface area contributed by atoms with Crippen LogP contribution in [0, 0.1) is 6.92 Å².